The fourth-order valence-electron chi connectivity index (χ4n) is 3.32. The minimum atomic E-state index is -1.49. The summed E-state index contributed by atoms with van der Waals surface area (Å²) < 4.78 is 0. The van der Waals surface area contributed by atoms with E-state index in [1.807, 2.05) is 0 Å². The summed E-state index contributed by atoms with van der Waals surface area (Å²) in [6.45, 7) is 0. The van der Waals surface area contributed by atoms with Crippen molar-refractivity contribution in [1.29, 1.82) is 0 Å². The number of carboxylic acid groups (broad SMARTS) is 3. The Hall–Kier alpha value is -3.65. The first-order valence-electron chi connectivity index (χ1n) is 11.8. The quantitative estimate of drug-likeness (QED) is 0.123. The van der Waals surface area contributed by atoms with Crippen molar-refractivity contribution in [1.82, 2.24) is 16.0 Å². The highest BCUT2D eigenvalue weighted by atomic mass is 32.2. The summed E-state index contributed by atoms with van der Waals surface area (Å²) in [7, 11) is 0. The molecule has 0 aliphatic rings. The predicted molar refractivity (Wildman–Crippen MR) is 138 cm³/mol. The third-order valence-corrected chi connectivity index (χ3v) is 6.07. The smallest absolute Gasteiger partial charge is 0.326 e. The number of nitrogens with two attached hydrogens (primary N) is 1. The van der Waals surface area contributed by atoms with Crippen molar-refractivity contribution in [2.75, 3.05) is 12.0 Å². The molecular formula is C24H34N4O9S. The molecule has 0 heterocycles. The van der Waals surface area contributed by atoms with E-state index in [2.05, 4.69) is 16.0 Å². The van der Waals surface area contributed by atoms with Gasteiger partial charge in [0.2, 0.25) is 17.7 Å². The van der Waals surface area contributed by atoms with Crippen molar-refractivity contribution in [2.45, 2.75) is 62.7 Å². The number of carbonyl (C=O) groups excluding carboxylic acids is 3. The number of nitrogens with one attached hydrogen (secondary N) is 3. The summed E-state index contributed by atoms with van der Waals surface area (Å²) in [5.74, 6) is -5.59. The minimum Gasteiger partial charge on any atom is -0.481 e. The summed E-state index contributed by atoms with van der Waals surface area (Å²) in [4.78, 5) is 71.9. The van der Waals surface area contributed by atoms with Gasteiger partial charge in [-0.15, -0.1) is 0 Å². The lowest BCUT2D eigenvalue weighted by Crippen LogP contribution is -2.57. The fraction of sp³-hybridized carbons (Fsp3) is 0.500. The van der Waals surface area contributed by atoms with Crippen LogP contribution in [0.1, 0.15) is 37.7 Å². The van der Waals surface area contributed by atoms with Crippen LogP contribution in [0.2, 0.25) is 0 Å². The molecule has 0 fully saturated rings. The third kappa shape index (κ3) is 12.5. The lowest BCUT2D eigenvalue weighted by atomic mass is 10.0. The van der Waals surface area contributed by atoms with Gasteiger partial charge in [0.05, 0.1) is 6.04 Å². The van der Waals surface area contributed by atoms with E-state index in [-0.39, 0.29) is 32.1 Å². The van der Waals surface area contributed by atoms with E-state index in [4.69, 9.17) is 15.9 Å². The predicted octanol–water partition coefficient (Wildman–Crippen LogP) is -0.422. The maximum absolute atomic E-state index is 13.2. The highest BCUT2D eigenvalue weighted by Crippen LogP contribution is 2.08. The van der Waals surface area contributed by atoms with Gasteiger partial charge in [-0.3, -0.25) is 24.0 Å². The van der Waals surface area contributed by atoms with Gasteiger partial charge in [-0.1, -0.05) is 30.3 Å². The Morgan fingerprint density at radius 2 is 1.29 bits per heavy atom. The van der Waals surface area contributed by atoms with Crippen LogP contribution in [0.4, 0.5) is 0 Å². The molecule has 3 amide bonds. The number of benzene rings is 1. The first-order valence-corrected chi connectivity index (χ1v) is 13.2. The molecule has 1 rings (SSSR count). The summed E-state index contributed by atoms with van der Waals surface area (Å²) in [6.07, 6.45) is 0.656. The third-order valence-electron chi connectivity index (χ3n) is 5.43. The summed E-state index contributed by atoms with van der Waals surface area (Å²) in [6, 6.07) is 3.62. The monoisotopic (exact) mass is 554 g/mol. The largest absolute Gasteiger partial charge is 0.481 e. The molecule has 0 bridgehead atoms. The molecule has 13 nitrogen and oxygen atoms in total. The van der Waals surface area contributed by atoms with Crippen LogP contribution in [0.15, 0.2) is 30.3 Å². The van der Waals surface area contributed by atoms with Crippen molar-refractivity contribution in [3.63, 3.8) is 0 Å². The molecule has 0 saturated heterocycles. The maximum atomic E-state index is 13.2. The van der Waals surface area contributed by atoms with Gasteiger partial charge in [-0.05, 0) is 36.8 Å². The SMILES string of the molecule is CSCCC(NC(=O)C(N)CCC(=O)O)C(=O)NC(Cc1ccccc1)C(=O)NC(CCC(=O)O)C(=O)O. The number of rotatable bonds is 18. The van der Waals surface area contributed by atoms with Crippen LogP contribution >= 0.6 is 11.8 Å². The molecule has 1 aromatic rings. The number of aliphatic carboxylic acids is 3. The molecule has 210 valence electrons. The van der Waals surface area contributed by atoms with E-state index in [0.29, 0.717) is 11.3 Å². The number of thioether (sulfide) groups is 1. The first-order chi connectivity index (χ1) is 17.9. The average Bonchev–Trinajstić information content (AvgIpc) is 2.86. The van der Waals surface area contributed by atoms with Crippen molar-refractivity contribution >= 4 is 47.4 Å². The Kier molecular flexibility index (Phi) is 14.5. The van der Waals surface area contributed by atoms with Crippen LogP contribution in [-0.4, -0.2) is 87.1 Å². The van der Waals surface area contributed by atoms with Crippen LogP contribution in [0, 0.1) is 0 Å². The number of carbonyl (C=O) groups is 6. The van der Waals surface area contributed by atoms with E-state index >= 15 is 0 Å². The van der Waals surface area contributed by atoms with Crippen LogP contribution in [0.5, 0.6) is 0 Å². The van der Waals surface area contributed by atoms with Gasteiger partial charge in [0.1, 0.15) is 18.1 Å². The second-order valence-corrected chi connectivity index (χ2v) is 9.45. The highest BCUT2D eigenvalue weighted by Gasteiger charge is 2.30. The number of hydrogen-bond acceptors (Lipinski definition) is 8. The number of amides is 3. The van der Waals surface area contributed by atoms with Crippen LogP contribution < -0.4 is 21.7 Å². The zero-order valence-corrected chi connectivity index (χ0v) is 21.7. The lowest BCUT2D eigenvalue weighted by Gasteiger charge is -2.25. The van der Waals surface area contributed by atoms with Gasteiger partial charge < -0.3 is 37.0 Å². The van der Waals surface area contributed by atoms with Crippen molar-refractivity contribution in [2.24, 2.45) is 5.73 Å². The zero-order chi connectivity index (χ0) is 28.7. The van der Waals surface area contributed by atoms with Gasteiger partial charge in [0, 0.05) is 19.3 Å². The van der Waals surface area contributed by atoms with Crippen LogP contribution in [-0.2, 0) is 35.2 Å². The summed E-state index contributed by atoms with van der Waals surface area (Å²) >= 11 is 1.41. The molecule has 4 unspecified atom stereocenters. The highest BCUT2D eigenvalue weighted by molar-refractivity contribution is 7.98. The van der Waals surface area contributed by atoms with Crippen molar-refractivity contribution in [3.8, 4) is 0 Å². The average molecular weight is 555 g/mol. The number of carboxylic acids is 3. The molecule has 14 heteroatoms. The standard InChI is InChI=1S/C24H34N4O9S/c1-38-12-11-16(26-21(33)15(25)7-9-19(29)30)22(34)28-18(13-14-5-3-2-4-6-14)23(35)27-17(24(36)37)8-10-20(31)32/h2-6,15-18H,7-13,25H2,1H3,(H,26,33)(H,27,35)(H,28,34)(H,29,30)(H,31,32)(H,36,37). The van der Waals surface area contributed by atoms with Gasteiger partial charge in [-0.2, -0.15) is 11.8 Å². The Morgan fingerprint density at radius 3 is 1.84 bits per heavy atom. The Labute approximate surface area is 223 Å². The molecule has 0 aromatic heterocycles. The Morgan fingerprint density at radius 1 is 0.763 bits per heavy atom. The van der Waals surface area contributed by atoms with Gasteiger partial charge in [-0.25, -0.2) is 4.79 Å². The van der Waals surface area contributed by atoms with E-state index in [0.717, 1.165) is 0 Å². The van der Waals surface area contributed by atoms with Gasteiger partial charge >= 0.3 is 17.9 Å². The van der Waals surface area contributed by atoms with Gasteiger partial charge in [0.25, 0.3) is 0 Å². The molecular weight excluding hydrogens is 520 g/mol. The minimum absolute atomic E-state index is 0.00893. The Bertz CT molecular complexity index is 977. The van der Waals surface area contributed by atoms with Crippen molar-refractivity contribution in [3.05, 3.63) is 35.9 Å². The molecule has 0 aliphatic heterocycles. The van der Waals surface area contributed by atoms with E-state index in [1.165, 1.54) is 11.8 Å². The maximum Gasteiger partial charge on any atom is 0.326 e. The van der Waals surface area contributed by atoms with Crippen LogP contribution in [0.25, 0.3) is 0 Å². The molecule has 8 N–H and O–H groups in total. The molecule has 1 aromatic carbocycles. The molecule has 0 radical (unpaired) electrons. The van der Waals surface area contributed by atoms with E-state index < -0.39 is 66.2 Å². The molecule has 38 heavy (non-hydrogen) atoms. The topological polar surface area (TPSA) is 225 Å². The first kappa shape index (κ1) is 32.4. The molecule has 0 saturated carbocycles. The van der Waals surface area contributed by atoms with Crippen LogP contribution in [0.3, 0.4) is 0 Å². The second-order valence-electron chi connectivity index (χ2n) is 8.46. The Balaban J connectivity index is 3.08. The zero-order valence-electron chi connectivity index (χ0n) is 20.9. The van der Waals surface area contributed by atoms with Gasteiger partial charge in [0.15, 0.2) is 0 Å². The van der Waals surface area contributed by atoms with Crippen molar-refractivity contribution < 1.29 is 44.1 Å². The van der Waals surface area contributed by atoms with E-state index in [1.54, 1.807) is 36.6 Å². The normalized spacial score (nSPS) is 13.8. The molecule has 0 aliphatic carbocycles. The lowest BCUT2D eigenvalue weighted by molar-refractivity contribution is -0.143. The van der Waals surface area contributed by atoms with E-state index in [9.17, 15) is 33.9 Å². The summed E-state index contributed by atoms with van der Waals surface area (Å²) in [5.41, 5.74) is 6.41. The second kappa shape index (κ2) is 17.0. The molecule has 0 spiro atoms. The fourth-order valence-corrected chi connectivity index (χ4v) is 3.79. The summed E-state index contributed by atoms with van der Waals surface area (Å²) in [5, 5.41) is 34.4. The molecule has 4 atom stereocenters. The number of hydrogen-bond donors (Lipinski definition) is 7.